The smallest absolute Gasteiger partial charge is 0.469 e. The number of aromatic hydroxyl groups is 1. The molecule has 13 heteroatoms. The van der Waals surface area contributed by atoms with Gasteiger partial charge in [0.2, 0.25) is 0 Å². The van der Waals surface area contributed by atoms with Crippen molar-refractivity contribution in [2.75, 3.05) is 6.61 Å². The molecule has 6 N–H and O–H groups in total. The van der Waals surface area contributed by atoms with E-state index in [1.54, 1.807) is 6.07 Å². The monoisotopic (exact) mass is 416 g/mol. The quantitative estimate of drug-likeness (QED) is 0.317. The maximum atomic E-state index is 12.2. The molecule has 12 nitrogen and oxygen atoms in total. The number of hydrogen-bond acceptors (Lipinski definition) is 8. The summed E-state index contributed by atoms with van der Waals surface area (Å²) in [6.45, 7) is -0.747. The summed E-state index contributed by atoms with van der Waals surface area (Å²) in [5.41, 5.74) is -1.74. The molecule has 1 fully saturated rings. The van der Waals surface area contributed by atoms with E-state index in [0.717, 1.165) is 10.8 Å². The first-order valence-electron chi connectivity index (χ1n) is 7.94. The van der Waals surface area contributed by atoms with Gasteiger partial charge in [-0.15, -0.1) is 0 Å². The molecule has 1 saturated heterocycles. The third-order valence-electron chi connectivity index (χ3n) is 4.18. The molecule has 1 aromatic heterocycles. The Kier molecular flexibility index (Phi) is 5.55. The molecule has 2 aromatic rings. The van der Waals surface area contributed by atoms with Crippen molar-refractivity contribution in [2.24, 2.45) is 0 Å². The average molecular weight is 416 g/mol. The minimum atomic E-state index is -4.84. The molecule has 0 bridgehead atoms. The van der Waals surface area contributed by atoms with Crippen molar-refractivity contribution in [1.82, 2.24) is 9.55 Å². The highest BCUT2D eigenvalue weighted by Gasteiger charge is 2.45. The van der Waals surface area contributed by atoms with Crippen LogP contribution in [0.5, 0.6) is 5.75 Å². The van der Waals surface area contributed by atoms with Crippen molar-refractivity contribution < 1.29 is 38.9 Å². The molecule has 1 aliphatic heterocycles. The molecule has 0 aliphatic carbocycles. The molecule has 28 heavy (non-hydrogen) atoms. The van der Waals surface area contributed by atoms with Crippen molar-refractivity contribution in [1.29, 1.82) is 0 Å². The number of phosphoric ester groups is 1. The van der Waals surface area contributed by atoms with Crippen LogP contribution < -0.4 is 11.2 Å². The van der Waals surface area contributed by atoms with Gasteiger partial charge in [-0.25, -0.2) is 9.36 Å². The third-order valence-corrected chi connectivity index (χ3v) is 4.67. The van der Waals surface area contributed by atoms with Gasteiger partial charge < -0.3 is 29.8 Å². The van der Waals surface area contributed by atoms with E-state index < -0.39 is 50.2 Å². The number of phenolic OH excluding ortho intramolecular Hbond substituents is 1. The van der Waals surface area contributed by atoms with E-state index in [1.807, 2.05) is 4.98 Å². The second kappa shape index (κ2) is 7.60. The average Bonchev–Trinajstić information content (AvgIpc) is 2.89. The minimum absolute atomic E-state index is 0.0992. The van der Waals surface area contributed by atoms with Gasteiger partial charge in [0.05, 0.1) is 12.2 Å². The number of ether oxygens (including phenoxy) is 1. The maximum absolute atomic E-state index is 12.2. The Morgan fingerprint density at radius 2 is 1.82 bits per heavy atom. The fraction of sp³-hybridized carbons (Fsp3) is 0.333. The number of phosphoric acid groups is 1. The highest BCUT2D eigenvalue weighted by molar-refractivity contribution is 7.46. The number of benzene rings is 1. The molecule has 0 amide bonds. The number of phenols is 1. The molecular formula is C15H17N2O10P. The van der Waals surface area contributed by atoms with E-state index in [-0.39, 0.29) is 16.9 Å². The second-order valence-corrected chi connectivity index (χ2v) is 7.30. The number of para-hydroxylation sites is 1. The minimum Gasteiger partial charge on any atom is -0.507 e. The molecule has 1 aromatic carbocycles. The Balaban J connectivity index is 1.96. The zero-order valence-corrected chi connectivity index (χ0v) is 15.0. The fourth-order valence-electron chi connectivity index (χ4n) is 2.83. The lowest BCUT2D eigenvalue weighted by molar-refractivity contribution is -0.0542. The number of aromatic nitrogens is 2. The molecule has 3 rings (SSSR count). The molecule has 0 saturated carbocycles. The molecule has 1 aliphatic rings. The van der Waals surface area contributed by atoms with Gasteiger partial charge in [-0.2, -0.15) is 0 Å². The first-order chi connectivity index (χ1) is 13.1. The molecular weight excluding hydrogens is 399 g/mol. The van der Waals surface area contributed by atoms with E-state index in [1.165, 1.54) is 18.2 Å². The standard InChI is InChI=1S/C15H17N2O10P/c18-9-4-2-1-3-7(9)8-5-17(15(22)16-13(8)21)14-12(20)11(19)10(27-14)6-26-28(23,24)25/h1-5,10-12,14,18-20H,6H2,(H,16,21,22)(H2,23,24,25)/t10-,11-,12-,14-/m1/s1. The Morgan fingerprint density at radius 1 is 1.14 bits per heavy atom. The van der Waals surface area contributed by atoms with Crippen molar-refractivity contribution in [3.8, 4) is 16.9 Å². The van der Waals surface area contributed by atoms with E-state index in [0.29, 0.717) is 0 Å². The predicted molar refractivity (Wildman–Crippen MR) is 92.3 cm³/mol. The summed E-state index contributed by atoms with van der Waals surface area (Å²) in [5.74, 6) is -0.223. The zero-order chi connectivity index (χ0) is 20.6. The number of nitrogens with zero attached hydrogens (tertiary/aromatic N) is 1. The molecule has 0 spiro atoms. The molecule has 4 atom stereocenters. The number of hydrogen-bond donors (Lipinski definition) is 6. The van der Waals surface area contributed by atoms with Gasteiger partial charge in [0.25, 0.3) is 5.56 Å². The van der Waals surface area contributed by atoms with Gasteiger partial charge in [-0.1, -0.05) is 18.2 Å². The van der Waals surface area contributed by atoms with Crippen molar-refractivity contribution >= 4 is 7.82 Å². The predicted octanol–water partition coefficient (Wildman–Crippen LogP) is -1.36. The largest absolute Gasteiger partial charge is 0.507 e. The topological polar surface area (TPSA) is 192 Å². The lowest BCUT2D eigenvalue weighted by Gasteiger charge is -2.18. The lowest BCUT2D eigenvalue weighted by Crippen LogP contribution is -2.38. The molecule has 0 unspecified atom stereocenters. The van der Waals surface area contributed by atoms with Crippen LogP contribution >= 0.6 is 7.82 Å². The van der Waals surface area contributed by atoms with Crippen LogP contribution in [0.15, 0.2) is 40.1 Å². The first-order valence-corrected chi connectivity index (χ1v) is 9.47. The van der Waals surface area contributed by atoms with Crippen LogP contribution in [0.2, 0.25) is 0 Å². The van der Waals surface area contributed by atoms with E-state index in [9.17, 15) is 29.5 Å². The summed E-state index contributed by atoms with van der Waals surface area (Å²) in [5, 5.41) is 30.2. The second-order valence-electron chi connectivity index (χ2n) is 6.06. The summed E-state index contributed by atoms with van der Waals surface area (Å²) in [7, 11) is -4.84. The van der Waals surface area contributed by atoms with Crippen molar-refractivity contribution in [3.05, 3.63) is 51.3 Å². The van der Waals surface area contributed by atoms with Gasteiger partial charge >= 0.3 is 13.5 Å². The number of aliphatic hydroxyl groups excluding tert-OH is 2. The third kappa shape index (κ3) is 4.08. The number of nitrogens with one attached hydrogen (secondary N) is 1. The molecule has 152 valence electrons. The van der Waals surface area contributed by atoms with Gasteiger partial charge in [0.1, 0.15) is 24.1 Å². The first kappa shape index (κ1) is 20.4. The lowest BCUT2D eigenvalue weighted by atomic mass is 10.1. The Hall–Kier alpha value is -2.31. The van der Waals surface area contributed by atoms with E-state index >= 15 is 0 Å². The Labute approximate surface area is 156 Å². The maximum Gasteiger partial charge on any atom is 0.469 e. The summed E-state index contributed by atoms with van der Waals surface area (Å²) >= 11 is 0. The highest BCUT2D eigenvalue weighted by atomic mass is 31.2. The zero-order valence-electron chi connectivity index (χ0n) is 14.1. The van der Waals surface area contributed by atoms with E-state index in [4.69, 9.17) is 14.5 Å². The van der Waals surface area contributed by atoms with Gasteiger partial charge in [0.15, 0.2) is 6.23 Å². The summed E-state index contributed by atoms with van der Waals surface area (Å²) in [4.78, 5) is 43.9. The normalized spacial score (nSPS) is 25.1. The van der Waals surface area contributed by atoms with E-state index in [2.05, 4.69) is 4.52 Å². The van der Waals surface area contributed by atoms with Crippen LogP contribution in [-0.2, 0) is 13.8 Å². The summed E-state index contributed by atoms with van der Waals surface area (Å²) < 4.78 is 21.2. The number of aromatic amines is 1. The number of H-pyrrole nitrogens is 1. The summed E-state index contributed by atoms with van der Waals surface area (Å²) in [6, 6.07) is 5.87. The molecule has 2 heterocycles. The van der Waals surface area contributed by atoms with Gasteiger partial charge in [0, 0.05) is 11.8 Å². The number of aliphatic hydroxyl groups is 2. The van der Waals surface area contributed by atoms with Gasteiger partial charge in [-0.05, 0) is 6.07 Å². The Bertz CT molecular complexity index is 1030. The van der Waals surface area contributed by atoms with Crippen LogP contribution in [0.25, 0.3) is 11.1 Å². The van der Waals surface area contributed by atoms with Gasteiger partial charge in [-0.3, -0.25) is 18.9 Å². The Morgan fingerprint density at radius 3 is 2.46 bits per heavy atom. The highest BCUT2D eigenvalue weighted by Crippen LogP contribution is 2.38. The van der Waals surface area contributed by atoms with Crippen LogP contribution in [0.1, 0.15) is 6.23 Å². The van der Waals surface area contributed by atoms with Crippen LogP contribution in [0.4, 0.5) is 0 Å². The van der Waals surface area contributed by atoms with Crippen molar-refractivity contribution in [3.63, 3.8) is 0 Å². The number of rotatable bonds is 5. The molecule has 0 radical (unpaired) electrons. The van der Waals surface area contributed by atoms with Crippen molar-refractivity contribution in [2.45, 2.75) is 24.5 Å². The van der Waals surface area contributed by atoms with Crippen LogP contribution in [0.3, 0.4) is 0 Å². The summed E-state index contributed by atoms with van der Waals surface area (Å²) in [6.07, 6.45) is -5.06. The SMILES string of the molecule is O=c1[nH]c(=O)n([C@@H]2O[C@H](COP(=O)(O)O)[C@@H](O)[C@H]2O)cc1-c1ccccc1O. The van der Waals surface area contributed by atoms with Crippen LogP contribution in [0, 0.1) is 0 Å². The van der Waals surface area contributed by atoms with Crippen LogP contribution in [-0.4, -0.2) is 59.6 Å². The fourth-order valence-corrected chi connectivity index (χ4v) is 3.18.